The molecular weight excluding hydrogens is 284 g/mol. The van der Waals surface area contributed by atoms with Gasteiger partial charge in [0.25, 0.3) is 0 Å². The van der Waals surface area contributed by atoms with Crippen molar-refractivity contribution in [2.24, 2.45) is 11.7 Å². The standard InChI is InChI=1S/C16H20N2O4/c17-15(19)10-18-5-3-11(4-6-18)16(20)12-1-2-13-14(9-12)22-8-7-21-13/h1-2,9,11H,3-8,10H2,(H2,17,19). The third kappa shape index (κ3) is 3.22. The van der Waals surface area contributed by atoms with E-state index in [0.29, 0.717) is 30.3 Å². The molecule has 3 rings (SSSR count). The average Bonchev–Trinajstić information content (AvgIpc) is 2.54. The Morgan fingerprint density at radius 1 is 1.14 bits per heavy atom. The molecule has 0 unspecified atom stereocenters. The largest absolute Gasteiger partial charge is 0.486 e. The number of piperidine rings is 1. The summed E-state index contributed by atoms with van der Waals surface area (Å²) >= 11 is 0. The van der Waals surface area contributed by atoms with E-state index in [2.05, 4.69) is 0 Å². The number of nitrogens with two attached hydrogens (primary N) is 1. The monoisotopic (exact) mass is 304 g/mol. The lowest BCUT2D eigenvalue weighted by Crippen LogP contribution is -2.41. The normalized spacial score (nSPS) is 18.9. The van der Waals surface area contributed by atoms with Gasteiger partial charge in [-0.05, 0) is 44.1 Å². The SMILES string of the molecule is NC(=O)CN1CCC(C(=O)c2ccc3c(c2)OCCO3)CC1. The summed E-state index contributed by atoms with van der Waals surface area (Å²) in [6.45, 7) is 2.77. The summed E-state index contributed by atoms with van der Waals surface area (Å²) in [5, 5.41) is 0. The molecule has 0 aromatic heterocycles. The first kappa shape index (κ1) is 14.8. The van der Waals surface area contributed by atoms with Crippen LogP contribution in [0.15, 0.2) is 18.2 Å². The van der Waals surface area contributed by atoms with Crippen LogP contribution in [0.5, 0.6) is 11.5 Å². The number of hydrogen-bond donors (Lipinski definition) is 1. The number of nitrogens with zero attached hydrogens (tertiary/aromatic N) is 1. The van der Waals surface area contributed by atoms with Crippen LogP contribution >= 0.6 is 0 Å². The number of Topliss-reactive ketones (excluding diaryl/α,β-unsaturated/α-hetero) is 1. The van der Waals surface area contributed by atoms with E-state index in [9.17, 15) is 9.59 Å². The Kier molecular flexibility index (Phi) is 4.29. The Bertz CT molecular complexity index is 580. The van der Waals surface area contributed by atoms with Crippen LogP contribution < -0.4 is 15.2 Å². The number of hydrogen-bond acceptors (Lipinski definition) is 5. The Morgan fingerprint density at radius 3 is 2.50 bits per heavy atom. The smallest absolute Gasteiger partial charge is 0.231 e. The zero-order chi connectivity index (χ0) is 15.5. The molecule has 0 aliphatic carbocycles. The summed E-state index contributed by atoms with van der Waals surface area (Å²) in [4.78, 5) is 25.5. The first-order chi connectivity index (χ1) is 10.6. The number of carbonyl (C=O) groups is 2. The van der Waals surface area contributed by atoms with Crippen LogP contribution in [0.25, 0.3) is 0 Å². The van der Waals surface area contributed by atoms with Crippen LogP contribution in [0.2, 0.25) is 0 Å². The highest BCUT2D eigenvalue weighted by atomic mass is 16.6. The van der Waals surface area contributed by atoms with Crippen LogP contribution in [0.4, 0.5) is 0 Å². The maximum Gasteiger partial charge on any atom is 0.231 e. The second-order valence-electron chi connectivity index (χ2n) is 5.74. The van der Waals surface area contributed by atoms with E-state index in [1.807, 2.05) is 4.90 Å². The number of likely N-dealkylation sites (tertiary alicyclic amines) is 1. The van der Waals surface area contributed by atoms with Crippen molar-refractivity contribution >= 4 is 11.7 Å². The second kappa shape index (κ2) is 6.36. The molecule has 6 nitrogen and oxygen atoms in total. The highest BCUT2D eigenvalue weighted by molar-refractivity contribution is 5.98. The molecule has 118 valence electrons. The molecular formula is C16H20N2O4. The molecule has 1 fully saturated rings. The van der Waals surface area contributed by atoms with E-state index in [-0.39, 0.29) is 24.2 Å². The van der Waals surface area contributed by atoms with E-state index in [1.165, 1.54) is 0 Å². The third-order valence-electron chi connectivity index (χ3n) is 4.16. The molecule has 6 heteroatoms. The number of amides is 1. The summed E-state index contributed by atoms with van der Waals surface area (Å²) in [5.41, 5.74) is 5.86. The molecule has 1 amide bonds. The minimum absolute atomic E-state index is 0.00770. The van der Waals surface area contributed by atoms with E-state index in [1.54, 1.807) is 18.2 Å². The Morgan fingerprint density at radius 2 is 1.82 bits per heavy atom. The molecule has 1 saturated heterocycles. The van der Waals surface area contributed by atoms with Gasteiger partial charge in [0, 0.05) is 11.5 Å². The Labute approximate surface area is 129 Å². The van der Waals surface area contributed by atoms with Gasteiger partial charge in [-0.15, -0.1) is 0 Å². The average molecular weight is 304 g/mol. The van der Waals surface area contributed by atoms with E-state index in [4.69, 9.17) is 15.2 Å². The summed E-state index contributed by atoms with van der Waals surface area (Å²) in [7, 11) is 0. The fraction of sp³-hybridized carbons (Fsp3) is 0.500. The predicted molar refractivity (Wildman–Crippen MR) is 80.1 cm³/mol. The van der Waals surface area contributed by atoms with Gasteiger partial charge in [-0.25, -0.2) is 0 Å². The zero-order valence-corrected chi connectivity index (χ0v) is 12.4. The molecule has 1 aromatic rings. The van der Waals surface area contributed by atoms with Gasteiger partial charge in [0.1, 0.15) is 13.2 Å². The van der Waals surface area contributed by atoms with E-state index in [0.717, 1.165) is 25.9 Å². The first-order valence-electron chi connectivity index (χ1n) is 7.58. The molecule has 22 heavy (non-hydrogen) atoms. The van der Waals surface area contributed by atoms with Gasteiger partial charge in [-0.2, -0.15) is 0 Å². The quantitative estimate of drug-likeness (QED) is 0.834. The van der Waals surface area contributed by atoms with E-state index >= 15 is 0 Å². The van der Waals surface area contributed by atoms with Crippen molar-refractivity contribution in [1.82, 2.24) is 4.90 Å². The summed E-state index contributed by atoms with van der Waals surface area (Å²) in [6.07, 6.45) is 1.50. The number of fused-ring (bicyclic) bond motifs is 1. The number of ketones is 1. The molecule has 0 radical (unpaired) electrons. The minimum Gasteiger partial charge on any atom is -0.486 e. The van der Waals surface area contributed by atoms with Crippen molar-refractivity contribution in [3.05, 3.63) is 23.8 Å². The van der Waals surface area contributed by atoms with Crippen LogP contribution in [0, 0.1) is 5.92 Å². The molecule has 2 aliphatic rings. The van der Waals surface area contributed by atoms with Crippen molar-refractivity contribution in [2.45, 2.75) is 12.8 Å². The van der Waals surface area contributed by atoms with Gasteiger partial charge in [0.2, 0.25) is 5.91 Å². The lowest BCUT2D eigenvalue weighted by atomic mass is 9.88. The molecule has 0 atom stereocenters. The van der Waals surface area contributed by atoms with E-state index < -0.39 is 0 Å². The molecule has 2 aliphatic heterocycles. The van der Waals surface area contributed by atoms with Crippen LogP contribution in [0.3, 0.4) is 0 Å². The van der Waals surface area contributed by atoms with Crippen LogP contribution in [-0.2, 0) is 4.79 Å². The fourth-order valence-electron chi connectivity index (χ4n) is 3.01. The first-order valence-corrected chi connectivity index (χ1v) is 7.58. The number of benzene rings is 1. The fourth-order valence-corrected chi connectivity index (χ4v) is 3.01. The van der Waals surface area contributed by atoms with Crippen molar-refractivity contribution < 1.29 is 19.1 Å². The third-order valence-corrected chi connectivity index (χ3v) is 4.16. The minimum atomic E-state index is -0.323. The molecule has 0 spiro atoms. The number of rotatable bonds is 4. The number of ether oxygens (including phenoxy) is 2. The highest BCUT2D eigenvalue weighted by Crippen LogP contribution is 2.32. The van der Waals surface area contributed by atoms with Crippen molar-refractivity contribution in [3.63, 3.8) is 0 Å². The lowest BCUT2D eigenvalue weighted by Gasteiger charge is -2.30. The molecule has 0 bridgehead atoms. The highest BCUT2D eigenvalue weighted by Gasteiger charge is 2.27. The predicted octanol–water partition coefficient (Wildman–Crippen LogP) is 0.838. The van der Waals surface area contributed by atoms with Gasteiger partial charge < -0.3 is 15.2 Å². The number of primary amides is 1. The Hall–Kier alpha value is -2.08. The van der Waals surface area contributed by atoms with Gasteiger partial charge in [0.05, 0.1) is 6.54 Å². The molecule has 2 N–H and O–H groups in total. The van der Waals surface area contributed by atoms with Crippen molar-refractivity contribution in [1.29, 1.82) is 0 Å². The summed E-state index contributed by atoms with van der Waals surface area (Å²) in [6, 6.07) is 5.36. The Balaban J connectivity index is 1.64. The maximum atomic E-state index is 12.6. The van der Waals surface area contributed by atoms with Gasteiger partial charge in [-0.1, -0.05) is 0 Å². The van der Waals surface area contributed by atoms with Crippen molar-refractivity contribution in [3.8, 4) is 11.5 Å². The van der Waals surface area contributed by atoms with Crippen LogP contribution in [0.1, 0.15) is 23.2 Å². The lowest BCUT2D eigenvalue weighted by molar-refractivity contribution is -0.119. The molecule has 1 aromatic carbocycles. The van der Waals surface area contributed by atoms with Gasteiger partial charge in [-0.3, -0.25) is 14.5 Å². The second-order valence-corrected chi connectivity index (χ2v) is 5.74. The number of carbonyl (C=O) groups excluding carboxylic acids is 2. The summed E-state index contributed by atoms with van der Waals surface area (Å²) in [5.74, 6) is 1.14. The van der Waals surface area contributed by atoms with Gasteiger partial charge >= 0.3 is 0 Å². The summed E-state index contributed by atoms with van der Waals surface area (Å²) < 4.78 is 11.0. The topological polar surface area (TPSA) is 81.9 Å². The molecule has 0 saturated carbocycles. The zero-order valence-electron chi connectivity index (χ0n) is 12.4. The van der Waals surface area contributed by atoms with Gasteiger partial charge in [0.15, 0.2) is 17.3 Å². The van der Waals surface area contributed by atoms with Crippen molar-refractivity contribution in [2.75, 3.05) is 32.8 Å². The maximum absolute atomic E-state index is 12.6. The molecule has 2 heterocycles. The van der Waals surface area contributed by atoms with Crippen LogP contribution in [-0.4, -0.2) is 49.4 Å².